The third-order valence-electron chi connectivity index (χ3n) is 4.44. The van der Waals surface area contributed by atoms with Crippen molar-refractivity contribution >= 4 is 66.5 Å². The van der Waals surface area contributed by atoms with Crippen LogP contribution in [-0.4, -0.2) is 51.6 Å². The van der Waals surface area contributed by atoms with Gasteiger partial charge in [0.2, 0.25) is 20.0 Å². The maximum absolute atomic E-state index is 13.0. The number of hydrogen-bond acceptors (Lipinski definition) is 4. The zero-order valence-electron chi connectivity index (χ0n) is 14.9. The Kier molecular flexibility index (Phi) is 7.07. The van der Waals surface area contributed by atoms with Gasteiger partial charge in [-0.05, 0) is 42.8 Å². The van der Waals surface area contributed by atoms with Crippen LogP contribution in [0.25, 0.3) is 0 Å². The molecule has 12 heteroatoms. The summed E-state index contributed by atoms with van der Waals surface area (Å²) in [6.07, 6.45) is 0.300. The highest BCUT2D eigenvalue weighted by Crippen LogP contribution is 2.31. The quantitative estimate of drug-likeness (QED) is 0.602. The molecule has 1 saturated heterocycles. The fourth-order valence-corrected chi connectivity index (χ4v) is 7.39. The molecule has 0 saturated carbocycles. The van der Waals surface area contributed by atoms with E-state index >= 15 is 0 Å². The van der Waals surface area contributed by atoms with Crippen LogP contribution in [0.15, 0.2) is 46.2 Å². The number of hydrogen-bond donors (Lipinski definition) is 0. The second kappa shape index (κ2) is 8.88. The van der Waals surface area contributed by atoms with E-state index in [0.717, 1.165) is 0 Å². The van der Waals surface area contributed by atoms with Gasteiger partial charge in [-0.15, -0.1) is 0 Å². The fraction of sp³-hybridized carbons (Fsp3) is 0.294. The summed E-state index contributed by atoms with van der Waals surface area (Å²) in [6, 6.07) is 8.37. The lowest BCUT2D eigenvalue weighted by Crippen LogP contribution is -2.37. The number of sulfonamides is 2. The van der Waals surface area contributed by atoms with Crippen molar-refractivity contribution in [3.05, 3.63) is 56.5 Å². The van der Waals surface area contributed by atoms with Gasteiger partial charge in [0.1, 0.15) is 9.79 Å². The fourth-order valence-electron chi connectivity index (χ4n) is 2.98. The van der Waals surface area contributed by atoms with Gasteiger partial charge in [0.05, 0.1) is 10.0 Å². The summed E-state index contributed by atoms with van der Waals surface area (Å²) in [5, 5.41) is 0.577. The number of benzene rings is 2. The monoisotopic (exact) mass is 516 g/mol. The van der Waals surface area contributed by atoms with Crippen LogP contribution in [0.2, 0.25) is 20.1 Å². The van der Waals surface area contributed by atoms with E-state index in [2.05, 4.69) is 0 Å². The van der Waals surface area contributed by atoms with E-state index in [9.17, 15) is 16.8 Å². The van der Waals surface area contributed by atoms with Gasteiger partial charge in [0.15, 0.2) is 0 Å². The highest BCUT2D eigenvalue weighted by molar-refractivity contribution is 7.89. The molecular formula is C17H16Cl4N2O4S2. The maximum Gasteiger partial charge on any atom is 0.244 e. The first-order valence-electron chi connectivity index (χ1n) is 8.44. The van der Waals surface area contributed by atoms with Crippen LogP contribution in [0.4, 0.5) is 0 Å². The molecule has 2 aromatic carbocycles. The summed E-state index contributed by atoms with van der Waals surface area (Å²) in [7, 11) is -7.88. The Morgan fingerprint density at radius 1 is 0.621 bits per heavy atom. The summed E-state index contributed by atoms with van der Waals surface area (Å²) in [5.41, 5.74) is 0. The van der Waals surface area contributed by atoms with E-state index in [1.807, 2.05) is 0 Å². The predicted molar refractivity (Wildman–Crippen MR) is 115 cm³/mol. The zero-order chi connectivity index (χ0) is 21.4. The van der Waals surface area contributed by atoms with E-state index in [0.29, 0.717) is 6.42 Å². The minimum Gasteiger partial charge on any atom is -0.207 e. The molecule has 0 atom stereocenters. The Labute approximate surface area is 190 Å². The molecule has 1 fully saturated rings. The first-order chi connectivity index (χ1) is 13.5. The third-order valence-corrected chi connectivity index (χ3v) is 9.67. The molecule has 6 nitrogen and oxygen atoms in total. The van der Waals surface area contributed by atoms with Crippen molar-refractivity contribution in [2.45, 2.75) is 16.2 Å². The number of halogens is 4. The zero-order valence-corrected chi connectivity index (χ0v) is 19.5. The summed E-state index contributed by atoms with van der Waals surface area (Å²) < 4.78 is 54.5. The summed E-state index contributed by atoms with van der Waals surface area (Å²) >= 11 is 24.0. The Morgan fingerprint density at radius 2 is 1.00 bits per heavy atom. The van der Waals surface area contributed by atoms with Crippen molar-refractivity contribution in [1.29, 1.82) is 0 Å². The Hall–Kier alpha value is -0.580. The Morgan fingerprint density at radius 3 is 1.38 bits per heavy atom. The van der Waals surface area contributed by atoms with E-state index in [4.69, 9.17) is 46.4 Å². The molecule has 1 aliphatic heterocycles. The third kappa shape index (κ3) is 4.85. The van der Waals surface area contributed by atoms with Crippen LogP contribution in [0, 0.1) is 0 Å². The first-order valence-corrected chi connectivity index (χ1v) is 12.8. The molecule has 29 heavy (non-hydrogen) atoms. The molecule has 0 spiro atoms. The smallest absolute Gasteiger partial charge is 0.207 e. The van der Waals surface area contributed by atoms with Crippen LogP contribution in [-0.2, 0) is 20.0 Å². The molecule has 2 aromatic rings. The van der Waals surface area contributed by atoms with Crippen LogP contribution < -0.4 is 0 Å². The summed E-state index contributed by atoms with van der Waals surface area (Å²) in [5.74, 6) is 0. The molecule has 0 bridgehead atoms. The van der Waals surface area contributed by atoms with Gasteiger partial charge in [-0.2, -0.15) is 8.61 Å². The predicted octanol–water partition coefficient (Wildman–Crippen LogP) is 4.39. The molecule has 158 valence electrons. The molecule has 1 aliphatic rings. The largest absolute Gasteiger partial charge is 0.244 e. The van der Waals surface area contributed by atoms with E-state index in [-0.39, 0.29) is 56.1 Å². The first kappa shape index (κ1) is 23.1. The minimum atomic E-state index is -3.94. The molecular weight excluding hydrogens is 502 g/mol. The average molecular weight is 518 g/mol. The molecule has 0 aliphatic carbocycles. The van der Waals surface area contributed by atoms with Crippen molar-refractivity contribution in [2.75, 3.05) is 26.2 Å². The lowest BCUT2D eigenvalue weighted by molar-refractivity contribution is 0.404. The van der Waals surface area contributed by atoms with Gasteiger partial charge in [0, 0.05) is 36.2 Å². The molecule has 0 radical (unpaired) electrons. The molecule has 0 N–H and O–H groups in total. The normalized spacial score (nSPS) is 17.2. The van der Waals surface area contributed by atoms with Gasteiger partial charge in [-0.25, -0.2) is 16.8 Å². The van der Waals surface area contributed by atoms with E-state index < -0.39 is 20.0 Å². The van der Waals surface area contributed by atoms with Crippen molar-refractivity contribution < 1.29 is 16.8 Å². The topological polar surface area (TPSA) is 74.8 Å². The number of rotatable bonds is 4. The van der Waals surface area contributed by atoms with E-state index in [1.54, 1.807) is 0 Å². The molecule has 0 aromatic heterocycles. The Bertz CT molecular complexity index is 1050. The summed E-state index contributed by atoms with van der Waals surface area (Å²) in [4.78, 5) is -0.221. The Balaban J connectivity index is 1.87. The van der Waals surface area contributed by atoms with Crippen LogP contribution >= 0.6 is 46.4 Å². The highest BCUT2D eigenvalue weighted by atomic mass is 35.5. The van der Waals surface area contributed by atoms with Crippen molar-refractivity contribution in [2.24, 2.45) is 0 Å². The van der Waals surface area contributed by atoms with Gasteiger partial charge >= 0.3 is 0 Å². The molecule has 3 rings (SSSR count). The van der Waals surface area contributed by atoms with Crippen molar-refractivity contribution in [1.82, 2.24) is 8.61 Å². The molecule has 0 amide bonds. The molecule has 1 heterocycles. The second-order valence-electron chi connectivity index (χ2n) is 6.31. The van der Waals surface area contributed by atoms with Gasteiger partial charge in [-0.3, -0.25) is 0 Å². The average Bonchev–Trinajstić information content (AvgIpc) is 2.93. The number of nitrogens with zero attached hydrogens (tertiary/aromatic N) is 2. The second-order valence-corrected chi connectivity index (χ2v) is 11.8. The minimum absolute atomic E-state index is 0.0391. The maximum atomic E-state index is 13.0. The highest BCUT2D eigenvalue weighted by Gasteiger charge is 2.33. The van der Waals surface area contributed by atoms with E-state index in [1.165, 1.54) is 45.0 Å². The SMILES string of the molecule is O=S(=O)(c1cc(Cl)ccc1Cl)N1CCCN(S(=O)(=O)c2cc(Cl)ccc2Cl)CC1. The standard InChI is InChI=1S/C17H16Cl4N2O4S2/c18-12-2-4-14(20)16(10-12)28(24,25)22-6-1-7-23(9-8-22)29(26,27)17-11-13(19)3-5-15(17)21/h2-5,10-11H,1,6-9H2. The lowest BCUT2D eigenvalue weighted by Gasteiger charge is -2.22. The summed E-state index contributed by atoms with van der Waals surface area (Å²) in [6.45, 7) is 0.201. The van der Waals surface area contributed by atoms with Gasteiger partial charge in [-0.1, -0.05) is 46.4 Å². The van der Waals surface area contributed by atoms with Gasteiger partial charge in [0.25, 0.3) is 0 Å². The van der Waals surface area contributed by atoms with Crippen molar-refractivity contribution in [3.63, 3.8) is 0 Å². The van der Waals surface area contributed by atoms with Gasteiger partial charge < -0.3 is 0 Å². The van der Waals surface area contributed by atoms with Crippen molar-refractivity contribution in [3.8, 4) is 0 Å². The lowest BCUT2D eigenvalue weighted by atomic mass is 10.4. The molecule has 0 unspecified atom stereocenters. The van der Waals surface area contributed by atoms with Crippen LogP contribution in [0.3, 0.4) is 0 Å². The van der Waals surface area contributed by atoms with Crippen LogP contribution in [0.1, 0.15) is 6.42 Å². The van der Waals surface area contributed by atoms with Crippen LogP contribution in [0.5, 0.6) is 0 Å².